The highest BCUT2D eigenvalue weighted by Gasteiger charge is 2.08. The Kier molecular flexibility index (Phi) is 10.0. The topological polar surface area (TPSA) is 117 Å². The van der Waals surface area contributed by atoms with Gasteiger partial charge in [0, 0.05) is 23.4 Å². The smallest absolute Gasteiger partial charge is 0.224 e. The maximum absolute atomic E-state index is 12.0. The largest absolute Gasteiger partial charge is 0.398 e. The summed E-state index contributed by atoms with van der Waals surface area (Å²) < 4.78 is 0. The number of carbonyl (C=O) groups excluding carboxylic acids is 1. The summed E-state index contributed by atoms with van der Waals surface area (Å²) in [7, 11) is 0. The van der Waals surface area contributed by atoms with E-state index in [0.29, 0.717) is 30.5 Å². The number of benzene rings is 1. The van der Waals surface area contributed by atoms with Gasteiger partial charge >= 0.3 is 0 Å². The summed E-state index contributed by atoms with van der Waals surface area (Å²) in [5.41, 5.74) is 16.1. The van der Waals surface area contributed by atoms with Crippen LogP contribution in [0.2, 0.25) is 0 Å². The molecule has 0 fully saturated rings. The van der Waals surface area contributed by atoms with Gasteiger partial charge in [0.2, 0.25) is 5.91 Å². The van der Waals surface area contributed by atoms with Crippen molar-refractivity contribution in [1.82, 2.24) is 5.32 Å². The summed E-state index contributed by atoms with van der Waals surface area (Å²) in [5, 5.41) is 10.1. The first kappa shape index (κ1) is 22.9. The molecule has 1 aromatic carbocycles. The molecule has 150 valence electrons. The number of allylic oxidation sites excluding steroid dienone is 5. The van der Waals surface area contributed by atoms with E-state index in [1.165, 1.54) is 0 Å². The number of anilines is 1. The lowest BCUT2D eigenvalue weighted by Gasteiger charge is -2.12. The Morgan fingerprint density at radius 1 is 1.36 bits per heavy atom. The standard InChI is InChI=1S/C22H31N5O/c1-4-7-9-21(28)27-19(6-3)13-16(8-5-2)12-18-14-17(10-11-20(18)24)22(25)26-15-23/h5,8,10-11,13-15H,2,4,6-7,9,12,24H2,1,3H3,(H,27,28)(H3,23,25,26)/b16-8-,19-13+. The Hall–Kier alpha value is -3.15. The second-order valence-corrected chi connectivity index (χ2v) is 6.39. The van der Waals surface area contributed by atoms with Crippen LogP contribution in [0.1, 0.15) is 50.7 Å². The second kappa shape index (κ2) is 12.3. The van der Waals surface area contributed by atoms with E-state index in [1.807, 2.05) is 25.1 Å². The van der Waals surface area contributed by atoms with Gasteiger partial charge in [-0.2, -0.15) is 0 Å². The Bertz CT molecular complexity index is 790. The summed E-state index contributed by atoms with van der Waals surface area (Å²) in [5.74, 6) is 0.295. The molecule has 0 heterocycles. The highest BCUT2D eigenvalue weighted by Crippen LogP contribution is 2.20. The molecule has 0 unspecified atom stereocenters. The number of hydrogen-bond acceptors (Lipinski definition) is 3. The first-order valence-electron chi connectivity index (χ1n) is 9.48. The van der Waals surface area contributed by atoms with Crippen molar-refractivity contribution >= 4 is 23.8 Å². The second-order valence-electron chi connectivity index (χ2n) is 6.39. The fourth-order valence-corrected chi connectivity index (χ4v) is 2.62. The zero-order valence-corrected chi connectivity index (χ0v) is 16.8. The van der Waals surface area contributed by atoms with Gasteiger partial charge in [0.05, 0.1) is 0 Å². The maximum Gasteiger partial charge on any atom is 0.224 e. The molecule has 0 aromatic heterocycles. The van der Waals surface area contributed by atoms with Crippen molar-refractivity contribution < 1.29 is 4.79 Å². The molecule has 0 aliphatic heterocycles. The highest BCUT2D eigenvalue weighted by atomic mass is 16.1. The molecule has 0 saturated heterocycles. The number of aliphatic imine (C=N–C) groups is 1. The summed E-state index contributed by atoms with van der Waals surface area (Å²) in [6.45, 7) is 7.84. The minimum absolute atomic E-state index is 0.0324. The van der Waals surface area contributed by atoms with Gasteiger partial charge in [-0.15, -0.1) is 0 Å². The van der Waals surface area contributed by atoms with E-state index >= 15 is 0 Å². The van der Waals surface area contributed by atoms with Gasteiger partial charge in [0.15, 0.2) is 0 Å². The van der Waals surface area contributed by atoms with Crippen LogP contribution in [0.4, 0.5) is 5.69 Å². The van der Waals surface area contributed by atoms with E-state index in [1.54, 1.807) is 18.2 Å². The molecule has 0 atom stereocenters. The third-order valence-electron chi connectivity index (χ3n) is 4.17. The van der Waals surface area contributed by atoms with Crippen LogP contribution in [-0.4, -0.2) is 18.1 Å². The molecule has 1 aromatic rings. The fourth-order valence-electron chi connectivity index (χ4n) is 2.62. The van der Waals surface area contributed by atoms with E-state index in [0.717, 1.165) is 36.0 Å². The molecule has 6 N–H and O–H groups in total. The minimum atomic E-state index is 0.0324. The fraction of sp³-hybridized carbons (Fsp3) is 0.318. The van der Waals surface area contributed by atoms with Crippen molar-refractivity contribution in [3.63, 3.8) is 0 Å². The van der Waals surface area contributed by atoms with Crippen molar-refractivity contribution in [3.05, 3.63) is 65.4 Å². The number of nitrogens with two attached hydrogens (primary N) is 2. The number of nitrogen functional groups attached to an aromatic ring is 1. The number of unbranched alkanes of at least 4 members (excludes halogenated alkanes) is 1. The summed E-state index contributed by atoms with van der Waals surface area (Å²) in [6.07, 6.45) is 10.1. The van der Waals surface area contributed by atoms with Crippen molar-refractivity contribution in [2.24, 2.45) is 10.7 Å². The van der Waals surface area contributed by atoms with Crippen LogP contribution in [-0.2, 0) is 11.2 Å². The van der Waals surface area contributed by atoms with Gasteiger partial charge < -0.3 is 16.8 Å². The Morgan fingerprint density at radius 2 is 2.11 bits per heavy atom. The Labute approximate surface area is 167 Å². The number of carbonyl (C=O) groups is 1. The average molecular weight is 382 g/mol. The van der Waals surface area contributed by atoms with Crippen molar-refractivity contribution in [2.45, 2.75) is 46.0 Å². The first-order chi connectivity index (χ1) is 13.4. The summed E-state index contributed by atoms with van der Waals surface area (Å²) in [6, 6.07) is 5.42. The molecular formula is C22H31N5O. The van der Waals surface area contributed by atoms with Crippen LogP contribution in [0.5, 0.6) is 0 Å². The molecule has 1 amide bonds. The van der Waals surface area contributed by atoms with Crippen LogP contribution in [0.25, 0.3) is 0 Å². The zero-order chi connectivity index (χ0) is 20.9. The van der Waals surface area contributed by atoms with Crippen LogP contribution in [0, 0.1) is 5.41 Å². The molecule has 28 heavy (non-hydrogen) atoms. The van der Waals surface area contributed by atoms with Crippen LogP contribution >= 0.6 is 0 Å². The molecule has 0 saturated carbocycles. The number of amides is 1. The maximum atomic E-state index is 12.0. The normalized spacial score (nSPS) is 12.6. The van der Waals surface area contributed by atoms with E-state index in [9.17, 15) is 4.79 Å². The third-order valence-corrected chi connectivity index (χ3v) is 4.17. The molecule has 1 rings (SSSR count). The SMILES string of the molecule is C=C/C=C(\C=C(/CC)NC(=O)CCCC)Cc1cc(C(N)=NC=N)ccc1N. The van der Waals surface area contributed by atoms with E-state index < -0.39 is 0 Å². The molecule has 6 nitrogen and oxygen atoms in total. The molecule has 0 radical (unpaired) electrons. The van der Waals surface area contributed by atoms with Crippen molar-refractivity contribution in [2.75, 3.05) is 5.73 Å². The minimum Gasteiger partial charge on any atom is -0.398 e. The predicted octanol–water partition coefficient (Wildman–Crippen LogP) is 3.84. The number of nitrogens with zero attached hydrogens (tertiary/aromatic N) is 1. The molecule has 0 spiro atoms. The molecule has 0 aliphatic rings. The molecular weight excluding hydrogens is 350 g/mol. The Balaban J connectivity index is 3.10. The van der Waals surface area contributed by atoms with Crippen LogP contribution < -0.4 is 16.8 Å². The highest BCUT2D eigenvalue weighted by molar-refractivity contribution is 6.01. The summed E-state index contributed by atoms with van der Waals surface area (Å²) >= 11 is 0. The van der Waals surface area contributed by atoms with Gasteiger partial charge in [0.25, 0.3) is 0 Å². The van der Waals surface area contributed by atoms with Crippen molar-refractivity contribution in [3.8, 4) is 0 Å². The molecule has 6 heteroatoms. The molecule has 0 bridgehead atoms. The van der Waals surface area contributed by atoms with Crippen LogP contribution in [0.15, 0.2) is 59.3 Å². The Morgan fingerprint density at radius 3 is 2.71 bits per heavy atom. The average Bonchev–Trinajstić information content (AvgIpc) is 2.67. The molecule has 0 aliphatic carbocycles. The van der Waals surface area contributed by atoms with E-state index in [2.05, 4.69) is 23.8 Å². The third kappa shape index (κ3) is 7.61. The first-order valence-corrected chi connectivity index (χ1v) is 9.48. The number of hydrogen-bond donors (Lipinski definition) is 4. The van der Waals surface area contributed by atoms with Gasteiger partial charge in [-0.25, -0.2) is 4.99 Å². The lowest BCUT2D eigenvalue weighted by molar-refractivity contribution is -0.120. The summed E-state index contributed by atoms with van der Waals surface area (Å²) in [4.78, 5) is 15.9. The van der Waals surface area contributed by atoms with Crippen molar-refractivity contribution in [1.29, 1.82) is 5.41 Å². The van der Waals surface area contributed by atoms with Crippen LogP contribution in [0.3, 0.4) is 0 Å². The number of nitrogens with one attached hydrogen (secondary N) is 2. The number of amidine groups is 1. The quantitative estimate of drug-likeness (QED) is 0.202. The van der Waals surface area contributed by atoms with E-state index in [-0.39, 0.29) is 11.7 Å². The number of rotatable bonds is 11. The van der Waals surface area contributed by atoms with Gasteiger partial charge in [-0.05, 0) is 54.7 Å². The lowest BCUT2D eigenvalue weighted by atomic mass is 9.99. The van der Waals surface area contributed by atoms with Gasteiger partial charge in [-0.3, -0.25) is 10.2 Å². The monoisotopic (exact) mass is 381 g/mol. The van der Waals surface area contributed by atoms with Gasteiger partial charge in [-0.1, -0.05) is 39.0 Å². The zero-order valence-electron chi connectivity index (χ0n) is 16.8. The lowest BCUT2D eigenvalue weighted by Crippen LogP contribution is -2.22. The predicted molar refractivity (Wildman–Crippen MR) is 118 cm³/mol. The van der Waals surface area contributed by atoms with Gasteiger partial charge in [0.1, 0.15) is 12.2 Å². The van der Waals surface area contributed by atoms with E-state index in [4.69, 9.17) is 16.9 Å².